The Kier molecular flexibility index (Phi) is 3.27. The minimum Gasteiger partial charge on any atom is -0.274 e. The van der Waals surface area contributed by atoms with Gasteiger partial charge in [-0.2, -0.15) is 5.26 Å². The first-order valence-corrected chi connectivity index (χ1v) is 9.94. The van der Waals surface area contributed by atoms with Crippen LogP contribution in [-0.2, 0) is 9.59 Å². The normalized spacial score (nSPS) is 29.6. The Labute approximate surface area is 152 Å². The number of anilines is 1. The molecule has 1 aliphatic heterocycles. The molecule has 1 saturated carbocycles. The highest BCUT2D eigenvalue weighted by atomic mass is 32.2. The van der Waals surface area contributed by atoms with Gasteiger partial charge in [0.25, 0.3) is 0 Å². The van der Waals surface area contributed by atoms with E-state index in [4.69, 9.17) is 5.26 Å². The van der Waals surface area contributed by atoms with E-state index in [1.54, 1.807) is 6.07 Å². The Morgan fingerprint density at radius 2 is 1.96 bits per heavy atom. The molecule has 1 saturated heterocycles. The van der Waals surface area contributed by atoms with Crippen LogP contribution in [-0.4, -0.2) is 22.6 Å². The minimum absolute atomic E-state index is 0.0604. The molecule has 4 atom stereocenters. The average Bonchev–Trinajstić information content (AvgIpc) is 3.35. The van der Waals surface area contributed by atoms with Crippen molar-refractivity contribution < 1.29 is 9.59 Å². The number of hydrogen-bond acceptors (Lipinski definition) is 6. The Morgan fingerprint density at radius 3 is 2.64 bits per heavy atom. The van der Waals surface area contributed by atoms with E-state index >= 15 is 0 Å². The number of carbonyl (C=O) groups is 2. The SMILES string of the molecule is N#CCSc1nc2ccc(N3C(=O)[C@@H]4[C@H](C3=O)[C@H]3C=C[C@H]4C3)cc2s1. The molecule has 0 radical (unpaired) electrons. The van der Waals surface area contributed by atoms with E-state index in [9.17, 15) is 9.59 Å². The zero-order valence-electron chi connectivity index (χ0n) is 13.1. The molecule has 7 heteroatoms. The van der Waals surface area contributed by atoms with Gasteiger partial charge in [-0.1, -0.05) is 23.9 Å². The van der Waals surface area contributed by atoms with E-state index in [0.717, 1.165) is 21.0 Å². The van der Waals surface area contributed by atoms with Crippen LogP contribution < -0.4 is 4.90 Å². The third-order valence-corrected chi connectivity index (χ3v) is 7.37. The summed E-state index contributed by atoms with van der Waals surface area (Å²) in [5.74, 6) is 0.317. The van der Waals surface area contributed by atoms with Crippen molar-refractivity contribution in [2.75, 3.05) is 10.7 Å². The van der Waals surface area contributed by atoms with E-state index in [2.05, 4.69) is 23.2 Å². The Hall–Kier alpha value is -2.17. The third-order valence-electron chi connectivity index (χ3n) is 5.34. The van der Waals surface area contributed by atoms with Gasteiger partial charge in [-0.05, 0) is 36.5 Å². The van der Waals surface area contributed by atoms with Crippen molar-refractivity contribution in [3.63, 3.8) is 0 Å². The first-order chi connectivity index (χ1) is 12.2. The number of nitriles is 1. The number of allylic oxidation sites excluding steroid dienone is 2. The summed E-state index contributed by atoms with van der Waals surface area (Å²) in [4.78, 5) is 31.6. The summed E-state index contributed by atoms with van der Waals surface area (Å²) in [5, 5.41) is 8.69. The van der Waals surface area contributed by atoms with Gasteiger partial charge in [0.05, 0.1) is 39.6 Å². The predicted molar refractivity (Wildman–Crippen MR) is 96.2 cm³/mol. The topological polar surface area (TPSA) is 74.1 Å². The van der Waals surface area contributed by atoms with E-state index < -0.39 is 0 Å². The fourth-order valence-electron chi connectivity index (χ4n) is 4.34. The lowest BCUT2D eigenvalue weighted by Gasteiger charge is -2.17. The number of hydrogen-bond donors (Lipinski definition) is 0. The summed E-state index contributed by atoms with van der Waals surface area (Å²) in [6.45, 7) is 0. The van der Waals surface area contributed by atoms with Crippen LogP contribution in [0.2, 0.25) is 0 Å². The summed E-state index contributed by atoms with van der Waals surface area (Å²) in [7, 11) is 0. The van der Waals surface area contributed by atoms with Crippen molar-refractivity contribution in [3.05, 3.63) is 30.4 Å². The smallest absolute Gasteiger partial charge is 0.238 e. The molecule has 2 heterocycles. The Balaban J connectivity index is 1.50. The zero-order valence-corrected chi connectivity index (χ0v) is 14.7. The number of nitrogens with zero attached hydrogens (tertiary/aromatic N) is 3. The second-order valence-electron chi connectivity index (χ2n) is 6.59. The van der Waals surface area contributed by atoms with E-state index in [1.165, 1.54) is 28.0 Å². The summed E-state index contributed by atoms with van der Waals surface area (Å²) in [5.41, 5.74) is 1.46. The zero-order chi connectivity index (χ0) is 17.1. The number of benzene rings is 1. The number of aromatic nitrogens is 1. The van der Waals surface area contributed by atoms with Crippen molar-refractivity contribution in [1.82, 2.24) is 4.98 Å². The molecular formula is C18H13N3O2S2. The van der Waals surface area contributed by atoms with Crippen LogP contribution in [0.1, 0.15) is 6.42 Å². The molecule has 0 N–H and O–H groups in total. The van der Waals surface area contributed by atoms with Crippen LogP contribution >= 0.6 is 23.1 Å². The fraction of sp³-hybridized carbons (Fsp3) is 0.333. The third kappa shape index (κ3) is 2.11. The van der Waals surface area contributed by atoms with Gasteiger partial charge in [0.1, 0.15) is 0 Å². The van der Waals surface area contributed by atoms with E-state index in [1.807, 2.05) is 12.1 Å². The van der Waals surface area contributed by atoms with Gasteiger partial charge in [-0.25, -0.2) is 9.88 Å². The maximum Gasteiger partial charge on any atom is 0.238 e. The van der Waals surface area contributed by atoms with Crippen LogP contribution in [0.3, 0.4) is 0 Å². The second-order valence-corrected chi connectivity index (χ2v) is 8.84. The quantitative estimate of drug-likeness (QED) is 0.473. The van der Waals surface area contributed by atoms with Gasteiger partial charge in [0, 0.05) is 0 Å². The van der Waals surface area contributed by atoms with E-state index in [-0.39, 0.29) is 35.5 Å². The molecule has 25 heavy (non-hydrogen) atoms. The second kappa shape index (κ2) is 5.41. The van der Waals surface area contributed by atoms with Gasteiger partial charge in [-0.3, -0.25) is 9.59 Å². The molecule has 1 aromatic carbocycles. The van der Waals surface area contributed by atoms with Crippen LogP contribution in [0.25, 0.3) is 10.2 Å². The highest BCUT2D eigenvalue weighted by molar-refractivity contribution is 8.01. The lowest BCUT2D eigenvalue weighted by atomic mass is 9.85. The standard InChI is InChI=1S/C18H13N3O2S2/c19-5-6-24-18-20-12-4-3-11(8-13(12)25-18)21-16(22)14-9-1-2-10(7-9)15(14)17(21)23/h1-4,8-10,14-15H,6-7H2/t9-,10-,14-,15+/m0/s1. The molecule has 2 amide bonds. The highest BCUT2D eigenvalue weighted by Gasteiger charge is 2.59. The van der Waals surface area contributed by atoms with Crippen molar-refractivity contribution in [2.45, 2.75) is 10.8 Å². The number of carbonyl (C=O) groups excluding carboxylic acids is 2. The van der Waals surface area contributed by atoms with Crippen LogP contribution in [0.4, 0.5) is 5.69 Å². The fourth-order valence-corrected chi connectivity index (χ4v) is 6.11. The van der Waals surface area contributed by atoms with Crippen molar-refractivity contribution in [3.8, 4) is 6.07 Å². The number of imide groups is 1. The molecular weight excluding hydrogens is 354 g/mol. The van der Waals surface area contributed by atoms with Gasteiger partial charge in [0.15, 0.2) is 4.34 Å². The number of thioether (sulfide) groups is 1. The summed E-state index contributed by atoms with van der Waals surface area (Å²) in [6.07, 6.45) is 5.14. The number of rotatable bonds is 3. The first kappa shape index (κ1) is 15.1. The number of thiazole rings is 1. The van der Waals surface area contributed by atoms with Crippen molar-refractivity contribution in [1.29, 1.82) is 5.26 Å². The van der Waals surface area contributed by atoms with Crippen LogP contribution in [0, 0.1) is 35.0 Å². The van der Waals surface area contributed by atoms with Gasteiger partial charge in [-0.15, -0.1) is 11.3 Å². The van der Waals surface area contributed by atoms with Gasteiger partial charge in [0.2, 0.25) is 11.8 Å². The minimum atomic E-state index is -0.179. The molecule has 0 spiro atoms. The summed E-state index contributed by atoms with van der Waals surface area (Å²) < 4.78 is 1.75. The number of amides is 2. The van der Waals surface area contributed by atoms with Gasteiger partial charge < -0.3 is 0 Å². The predicted octanol–water partition coefficient (Wildman–Crippen LogP) is 3.22. The maximum absolute atomic E-state index is 12.9. The molecule has 2 fully saturated rings. The maximum atomic E-state index is 12.9. The highest BCUT2D eigenvalue weighted by Crippen LogP contribution is 2.53. The molecule has 2 bridgehead atoms. The number of fused-ring (bicyclic) bond motifs is 6. The molecule has 5 nitrogen and oxygen atoms in total. The van der Waals surface area contributed by atoms with Crippen molar-refractivity contribution in [2.24, 2.45) is 23.7 Å². The first-order valence-electron chi connectivity index (χ1n) is 8.14. The molecule has 1 aromatic heterocycles. The molecule has 2 aliphatic carbocycles. The largest absolute Gasteiger partial charge is 0.274 e. The molecule has 124 valence electrons. The molecule has 2 aromatic rings. The lowest BCUT2D eigenvalue weighted by molar-refractivity contribution is -0.123. The summed E-state index contributed by atoms with van der Waals surface area (Å²) >= 11 is 2.88. The van der Waals surface area contributed by atoms with Crippen LogP contribution in [0.15, 0.2) is 34.7 Å². The average molecular weight is 367 g/mol. The summed E-state index contributed by atoms with van der Waals surface area (Å²) in [6, 6.07) is 7.61. The molecule has 5 rings (SSSR count). The van der Waals surface area contributed by atoms with Crippen LogP contribution in [0.5, 0.6) is 0 Å². The monoisotopic (exact) mass is 367 g/mol. The Bertz CT molecular complexity index is 960. The Morgan fingerprint density at radius 1 is 1.24 bits per heavy atom. The lowest BCUT2D eigenvalue weighted by Crippen LogP contribution is -2.32. The van der Waals surface area contributed by atoms with Crippen molar-refractivity contribution >= 4 is 50.8 Å². The molecule has 3 aliphatic rings. The van der Waals surface area contributed by atoms with E-state index in [0.29, 0.717) is 11.4 Å². The molecule has 0 unspecified atom stereocenters. The van der Waals surface area contributed by atoms with Gasteiger partial charge >= 0.3 is 0 Å².